The lowest BCUT2D eigenvalue weighted by Gasteiger charge is -2.63. The van der Waals surface area contributed by atoms with Crippen LogP contribution < -0.4 is 9.47 Å². The van der Waals surface area contributed by atoms with Gasteiger partial charge in [0, 0.05) is 24.1 Å². The molecule has 1 aromatic carbocycles. The molecule has 1 aromatic rings. The van der Waals surface area contributed by atoms with E-state index in [0.29, 0.717) is 17.9 Å². The lowest BCUT2D eigenvalue weighted by molar-refractivity contribution is -0.198. The molecule has 1 spiro atoms. The van der Waals surface area contributed by atoms with E-state index in [0.717, 1.165) is 37.4 Å². The van der Waals surface area contributed by atoms with E-state index >= 15 is 0 Å². The summed E-state index contributed by atoms with van der Waals surface area (Å²) >= 11 is 0. The van der Waals surface area contributed by atoms with Crippen LogP contribution in [0.5, 0.6) is 11.5 Å². The maximum absolute atomic E-state index is 13.2. The fourth-order valence-corrected chi connectivity index (χ4v) is 7.06. The van der Waals surface area contributed by atoms with Gasteiger partial charge in [-0.3, -0.25) is 9.69 Å². The number of piperidine rings is 1. The Bertz CT molecular complexity index is 864. The number of methoxy groups -OCH3 is 1. The van der Waals surface area contributed by atoms with Crippen molar-refractivity contribution in [1.29, 1.82) is 0 Å². The minimum Gasteiger partial charge on any atom is -0.493 e. The fourth-order valence-electron chi connectivity index (χ4n) is 7.06. The van der Waals surface area contributed by atoms with Gasteiger partial charge in [-0.15, -0.1) is 0 Å². The molecule has 28 heavy (non-hydrogen) atoms. The number of ether oxygens (including phenoxy) is 2. The Labute approximate surface area is 166 Å². The molecular weight excluding hydrogens is 354 g/mol. The lowest BCUT2D eigenvalue weighted by Crippen LogP contribution is -2.77. The Morgan fingerprint density at radius 3 is 2.89 bits per heavy atom. The van der Waals surface area contributed by atoms with E-state index < -0.39 is 17.1 Å². The SMILES string of the molecule is COc1ccc2c3c1OC1C(=O)[C@@H](C)CC4(O)C(C2)N(CC2CCC2)CCC314. The number of carbonyl (C=O) groups is 1. The molecule has 5 nitrogen and oxygen atoms in total. The molecule has 0 aromatic heterocycles. The van der Waals surface area contributed by atoms with Crippen molar-refractivity contribution < 1.29 is 19.4 Å². The van der Waals surface area contributed by atoms with Crippen LogP contribution in [0.1, 0.15) is 50.2 Å². The standard InChI is InChI=1S/C23H29NO4/c1-13-11-23(26)17-10-15-6-7-16(27-2)20-18(15)22(23,21(28-20)19(13)25)8-9-24(17)12-14-4-3-5-14/h6-7,13-14,17,21,26H,3-5,8-12H2,1-2H3/t13-,17?,21?,22?,23?/m0/s1. The summed E-state index contributed by atoms with van der Waals surface area (Å²) in [6.45, 7) is 3.97. The van der Waals surface area contributed by atoms with Crippen LogP contribution in [0.15, 0.2) is 12.1 Å². The minimum absolute atomic E-state index is 0.0651. The van der Waals surface area contributed by atoms with E-state index in [1.807, 2.05) is 13.0 Å². The Morgan fingerprint density at radius 2 is 2.18 bits per heavy atom. The molecule has 6 rings (SSSR count). The van der Waals surface area contributed by atoms with Crippen molar-refractivity contribution in [3.63, 3.8) is 0 Å². The Hall–Kier alpha value is -1.59. The summed E-state index contributed by atoms with van der Waals surface area (Å²) < 4.78 is 11.9. The quantitative estimate of drug-likeness (QED) is 0.869. The van der Waals surface area contributed by atoms with Gasteiger partial charge in [0.1, 0.15) is 0 Å². The number of aliphatic hydroxyl groups is 1. The highest BCUT2D eigenvalue weighted by Gasteiger charge is 2.74. The molecule has 5 atom stereocenters. The van der Waals surface area contributed by atoms with E-state index in [-0.39, 0.29) is 17.7 Å². The second kappa shape index (κ2) is 5.51. The summed E-state index contributed by atoms with van der Waals surface area (Å²) in [4.78, 5) is 15.8. The van der Waals surface area contributed by atoms with Crippen molar-refractivity contribution in [3.05, 3.63) is 23.3 Å². The Kier molecular flexibility index (Phi) is 3.40. The van der Waals surface area contributed by atoms with Gasteiger partial charge in [0.25, 0.3) is 0 Å². The molecule has 5 heteroatoms. The third-order valence-electron chi connectivity index (χ3n) is 8.61. The molecule has 0 radical (unpaired) electrons. The lowest BCUT2D eigenvalue weighted by atomic mass is 9.47. The molecule has 5 aliphatic rings. The smallest absolute Gasteiger partial charge is 0.177 e. The first kappa shape index (κ1) is 17.3. The number of nitrogens with zero attached hydrogens (tertiary/aromatic N) is 1. The normalized spacial score (nSPS) is 41.2. The molecule has 4 unspecified atom stereocenters. The second-order valence-electron chi connectivity index (χ2n) is 9.79. The fraction of sp³-hybridized carbons (Fsp3) is 0.696. The predicted octanol–water partition coefficient (Wildman–Crippen LogP) is 2.46. The number of ketones is 1. The van der Waals surface area contributed by atoms with E-state index in [9.17, 15) is 9.90 Å². The molecule has 1 saturated heterocycles. The zero-order valence-electron chi connectivity index (χ0n) is 16.7. The van der Waals surface area contributed by atoms with Crippen LogP contribution in [-0.2, 0) is 16.6 Å². The number of benzene rings is 1. The summed E-state index contributed by atoms with van der Waals surface area (Å²) in [5.74, 6) is 2.11. The van der Waals surface area contributed by atoms with E-state index in [4.69, 9.17) is 9.47 Å². The number of hydrogen-bond acceptors (Lipinski definition) is 5. The summed E-state index contributed by atoms with van der Waals surface area (Å²) in [6.07, 6.45) is 5.52. The number of rotatable bonds is 3. The average molecular weight is 383 g/mol. The van der Waals surface area contributed by atoms with Crippen LogP contribution in [0, 0.1) is 11.8 Å². The molecule has 2 aliphatic heterocycles. The third-order valence-corrected chi connectivity index (χ3v) is 8.61. The van der Waals surface area contributed by atoms with Gasteiger partial charge in [0.2, 0.25) is 0 Å². The molecule has 2 saturated carbocycles. The summed E-state index contributed by atoms with van der Waals surface area (Å²) in [5.41, 5.74) is 0.764. The highest BCUT2D eigenvalue weighted by atomic mass is 16.5. The third kappa shape index (κ3) is 1.83. The maximum atomic E-state index is 13.2. The maximum Gasteiger partial charge on any atom is 0.177 e. The predicted molar refractivity (Wildman–Crippen MR) is 104 cm³/mol. The van der Waals surface area contributed by atoms with Crippen molar-refractivity contribution in [2.24, 2.45) is 11.8 Å². The van der Waals surface area contributed by atoms with Crippen LogP contribution in [0.4, 0.5) is 0 Å². The Morgan fingerprint density at radius 1 is 1.36 bits per heavy atom. The van der Waals surface area contributed by atoms with Gasteiger partial charge in [-0.2, -0.15) is 0 Å². The van der Waals surface area contributed by atoms with Crippen molar-refractivity contribution >= 4 is 5.78 Å². The molecular formula is C23H29NO4. The van der Waals surface area contributed by atoms with Crippen LogP contribution in [0.25, 0.3) is 0 Å². The van der Waals surface area contributed by atoms with Crippen molar-refractivity contribution in [2.45, 2.75) is 68.6 Å². The van der Waals surface area contributed by atoms with Crippen LogP contribution >= 0.6 is 0 Å². The molecule has 3 fully saturated rings. The van der Waals surface area contributed by atoms with Gasteiger partial charge in [-0.05, 0) is 56.2 Å². The van der Waals surface area contributed by atoms with Crippen LogP contribution in [0.2, 0.25) is 0 Å². The van der Waals surface area contributed by atoms with Crippen molar-refractivity contribution in [3.8, 4) is 11.5 Å². The summed E-state index contributed by atoms with van der Waals surface area (Å²) in [6, 6.07) is 4.16. The van der Waals surface area contributed by atoms with Gasteiger partial charge in [0.05, 0.1) is 18.1 Å². The molecule has 150 valence electrons. The molecule has 1 N–H and O–H groups in total. The highest BCUT2D eigenvalue weighted by molar-refractivity contribution is 5.91. The van der Waals surface area contributed by atoms with Gasteiger partial charge in [0.15, 0.2) is 23.4 Å². The summed E-state index contributed by atoms with van der Waals surface area (Å²) in [5, 5.41) is 12.3. The zero-order chi connectivity index (χ0) is 19.3. The average Bonchev–Trinajstić information content (AvgIpc) is 2.98. The summed E-state index contributed by atoms with van der Waals surface area (Å²) in [7, 11) is 1.64. The number of carbonyl (C=O) groups excluding carboxylic acids is 1. The first-order chi connectivity index (χ1) is 13.5. The van der Waals surface area contributed by atoms with Crippen molar-refractivity contribution in [1.82, 2.24) is 4.90 Å². The highest BCUT2D eigenvalue weighted by Crippen LogP contribution is 2.65. The number of likely N-dealkylation sites (tertiary alicyclic amines) is 1. The zero-order valence-corrected chi connectivity index (χ0v) is 16.7. The second-order valence-corrected chi connectivity index (χ2v) is 9.79. The molecule has 2 bridgehead atoms. The van der Waals surface area contributed by atoms with Gasteiger partial charge in [-0.25, -0.2) is 0 Å². The molecule has 2 heterocycles. The first-order valence-electron chi connectivity index (χ1n) is 10.9. The van der Waals surface area contributed by atoms with Crippen molar-refractivity contribution in [2.75, 3.05) is 20.2 Å². The number of Topliss-reactive ketones (excluding diaryl/α,β-unsaturated/α-hetero) is 1. The monoisotopic (exact) mass is 383 g/mol. The first-order valence-corrected chi connectivity index (χ1v) is 10.9. The largest absolute Gasteiger partial charge is 0.493 e. The minimum atomic E-state index is -0.919. The number of hydrogen-bond donors (Lipinski definition) is 1. The van der Waals surface area contributed by atoms with E-state index in [1.165, 1.54) is 24.8 Å². The van der Waals surface area contributed by atoms with Gasteiger partial charge >= 0.3 is 0 Å². The topological polar surface area (TPSA) is 59.0 Å². The van der Waals surface area contributed by atoms with E-state index in [1.54, 1.807) is 7.11 Å². The van der Waals surface area contributed by atoms with E-state index in [2.05, 4.69) is 11.0 Å². The Balaban J connectivity index is 1.54. The van der Waals surface area contributed by atoms with Gasteiger partial charge < -0.3 is 14.6 Å². The molecule has 3 aliphatic carbocycles. The van der Waals surface area contributed by atoms with Crippen LogP contribution in [0.3, 0.4) is 0 Å². The van der Waals surface area contributed by atoms with Crippen LogP contribution in [-0.4, -0.2) is 53.7 Å². The van der Waals surface area contributed by atoms with Gasteiger partial charge in [-0.1, -0.05) is 19.4 Å². The molecule has 0 amide bonds.